The first-order valence-corrected chi connectivity index (χ1v) is 9.52. The average Bonchev–Trinajstić information content (AvgIpc) is 3.09. The van der Waals surface area contributed by atoms with Crippen molar-refractivity contribution in [2.75, 3.05) is 20.2 Å². The lowest BCUT2D eigenvalue weighted by Crippen LogP contribution is -3.11. The Labute approximate surface area is 164 Å². The molecular weight excluding hydrogens is 356 g/mol. The van der Waals surface area contributed by atoms with Gasteiger partial charge in [0.1, 0.15) is 12.1 Å². The third-order valence-electron chi connectivity index (χ3n) is 4.97. The Morgan fingerprint density at radius 2 is 2.00 bits per heavy atom. The quantitative estimate of drug-likeness (QED) is 0.693. The number of nitrogens with one attached hydrogen (secondary N) is 1. The molecule has 1 atom stereocenters. The summed E-state index contributed by atoms with van der Waals surface area (Å²) in [4.78, 5) is 1.46. The van der Waals surface area contributed by atoms with Gasteiger partial charge in [-0.15, -0.1) is 0 Å². The SMILES string of the molecule is COc1cccc(-n2cnn(C[NH+]3CC=C(c4ccccc4)CC3)c2=S)c1. The third-order valence-corrected chi connectivity index (χ3v) is 5.38. The highest BCUT2D eigenvalue weighted by atomic mass is 32.1. The van der Waals surface area contributed by atoms with E-state index in [-0.39, 0.29) is 0 Å². The van der Waals surface area contributed by atoms with Crippen LogP contribution in [0, 0.1) is 4.77 Å². The van der Waals surface area contributed by atoms with Crippen molar-refractivity contribution >= 4 is 17.8 Å². The van der Waals surface area contributed by atoms with Gasteiger partial charge in [-0.25, -0.2) is 0 Å². The third kappa shape index (κ3) is 3.86. The second-order valence-corrected chi connectivity index (χ2v) is 7.06. The van der Waals surface area contributed by atoms with E-state index >= 15 is 0 Å². The van der Waals surface area contributed by atoms with E-state index in [0.717, 1.165) is 37.6 Å². The second-order valence-electron chi connectivity index (χ2n) is 6.69. The van der Waals surface area contributed by atoms with E-state index in [2.05, 4.69) is 41.5 Å². The molecule has 0 amide bonds. The zero-order chi connectivity index (χ0) is 18.6. The van der Waals surface area contributed by atoms with Gasteiger partial charge in [0.15, 0.2) is 6.67 Å². The first-order valence-electron chi connectivity index (χ1n) is 9.11. The highest BCUT2D eigenvalue weighted by Gasteiger charge is 2.17. The number of methoxy groups -OCH3 is 1. The molecule has 27 heavy (non-hydrogen) atoms. The molecule has 3 aromatic rings. The van der Waals surface area contributed by atoms with Crippen LogP contribution in [0.15, 0.2) is 67.0 Å². The van der Waals surface area contributed by atoms with Gasteiger partial charge in [-0.05, 0) is 41.6 Å². The van der Waals surface area contributed by atoms with Crippen molar-refractivity contribution in [1.29, 1.82) is 0 Å². The van der Waals surface area contributed by atoms with Crippen molar-refractivity contribution in [3.63, 3.8) is 0 Å². The lowest BCUT2D eigenvalue weighted by atomic mass is 10.00. The predicted molar refractivity (Wildman–Crippen MR) is 109 cm³/mol. The van der Waals surface area contributed by atoms with Crippen molar-refractivity contribution in [2.45, 2.75) is 13.1 Å². The Kier molecular flexibility index (Phi) is 5.18. The van der Waals surface area contributed by atoms with Gasteiger partial charge in [-0.3, -0.25) is 4.57 Å². The molecule has 2 aromatic carbocycles. The Hall–Kier alpha value is -2.70. The molecule has 6 heteroatoms. The number of nitrogens with zero attached hydrogens (tertiary/aromatic N) is 3. The minimum absolute atomic E-state index is 0.702. The molecule has 0 saturated carbocycles. The number of hydrogen-bond donors (Lipinski definition) is 1. The van der Waals surface area contributed by atoms with Gasteiger partial charge < -0.3 is 9.64 Å². The van der Waals surface area contributed by atoms with E-state index < -0.39 is 0 Å². The molecule has 0 bridgehead atoms. The van der Waals surface area contributed by atoms with Crippen LogP contribution in [0.25, 0.3) is 11.3 Å². The van der Waals surface area contributed by atoms with Crippen molar-refractivity contribution in [3.05, 3.63) is 77.3 Å². The fraction of sp³-hybridized carbons (Fsp3) is 0.238. The maximum atomic E-state index is 5.65. The highest BCUT2D eigenvalue weighted by molar-refractivity contribution is 7.71. The van der Waals surface area contributed by atoms with Gasteiger partial charge in [0, 0.05) is 12.5 Å². The zero-order valence-electron chi connectivity index (χ0n) is 15.3. The summed E-state index contributed by atoms with van der Waals surface area (Å²) in [5.41, 5.74) is 3.73. The van der Waals surface area contributed by atoms with Crippen LogP contribution in [-0.4, -0.2) is 34.5 Å². The van der Waals surface area contributed by atoms with E-state index in [0.29, 0.717) is 4.77 Å². The van der Waals surface area contributed by atoms with Crippen LogP contribution in [0.3, 0.4) is 0 Å². The topological polar surface area (TPSA) is 36.4 Å². The van der Waals surface area contributed by atoms with Crippen molar-refractivity contribution in [3.8, 4) is 11.4 Å². The minimum atomic E-state index is 0.702. The van der Waals surface area contributed by atoms with Crippen LogP contribution < -0.4 is 9.64 Å². The smallest absolute Gasteiger partial charge is 0.207 e. The first kappa shape index (κ1) is 17.7. The molecule has 2 heterocycles. The zero-order valence-corrected chi connectivity index (χ0v) is 16.2. The molecule has 1 N–H and O–H groups in total. The van der Waals surface area contributed by atoms with Crippen molar-refractivity contribution in [2.24, 2.45) is 0 Å². The molecule has 0 spiro atoms. The Bertz CT molecular complexity index is 1010. The van der Waals surface area contributed by atoms with Gasteiger partial charge in [-0.2, -0.15) is 9.78 Å². The first-order chi connectivity index (χ1) is 13.2. The number of quaternary nitrogens is 1. The molecule has 138 valence electrons. The monoisotopic (exact) mass is 379 g/mol. The summed E-state index contributed by atoms with van der Waals surface area (Å²) < 4.78 is 9.84. The molecule has 1 aliphatic heterocycles. The van der Waals surface area contributed by atoms with Gasteiger partial charge in [-0.1, -0.05) is 36.4 Å². The summed E-state index contributed by atoms with van der Waals surface area (Å²) in [5.74, 6) is 0.808. The normalized spacial score (nSPS) is 16.8. The second kappa shape index (κ2) is 7.90. The maximum absolute atomic E-state index is 5.65. The van der Waals surface area contributed by atoms with E-state index in [1.807, 2.05) is 33.5 Å². The predicted octanol–water partition coefficient (Wildman–Crippen LogP) is 2.74. The fourth-order valence-electron chi connectivity index (χ4n) is 3.44. The molecular formula is C21H23N4OS+. The van der Waals surface area contributed by atoms with Gasteiger partial charge in [0.05, 0.1) is 25.9 Å². The molecule has 0 fully saturated rings. The van der Waals surface area contributed by atoms with Crippen molar-refractivity contribution < 1.29 is 9.64 Å². The minimum Gasteiger partial charge on any atom is -0.497 e. The Balaban J connectivity index is 1.48. The number of rotatable bonds is 5. The molecule has 4 rings (SSSR count). The van der Waals surface area contributed by atoms with Crippen LogP contribution >= 0.6 is 12.2 Å². The van der Waals surface area contributed by atoms with E-state index in [4.69, 9.17) is 17.0 Å². The Morgan fingerprint density at radius 1 is 1.15 bits per heavy atom. The number of benzene rings is 2. The van der Waals surface area contributed by atoms with E-state index in [9.17, 15) is 0 Å². The van der Waals surface area contributed by atoms with Crippen LogP contribution in [0.2, 0.25) is 0 Å². The number of hydrogen-bond acceptors (Lipinski definition) is 3. The number of ether oxygens (including phenoxy) is 1. The largest absolute Gasteiger partial charge is 0.497 e. The van der Waals surface area contributed by atoms with Crippen LogP contribution in [0.5, 0.6) is 5.75 Å². The van der Waals surface area contributed by atoms with E-state index in [1.54, 1.807) is 13.4 Å². The molecule has 1 aromatic heterocycles. The van der Waals surface area contributed by atoms with Crippen molar-refractivity contribution in [1.82, 2.24) is 14.3 Å². The maximum Gasteiger partial charge on any atom is 0.207 e. The molecule has 0 radical (unpaired) electrons. The average molecular weight is 380 g/mol. The summed E-state index contributed by atoms with van der Waals surface area (Å²) in [6, 6.07) is 18.5. The standard InChI is InChI=1S/C21H22N4OS/c1-26-20-9-5-8-19(14-20)24-15-22-25(21(24)27)16-23-12-10-18(11-13-23)17-6-3-2-4-7-17/h2-10,14-15H,11-13,16H2,1H3/p+1. The fourth-order valence-corrected chi connectivity index (χ4v) is 3.70. The van der Waals surface area contributed by atoms with Gasteiger partial charge in [0.2, 0.25) is 4.77 Å². The summed E-state index contributed by atoms with van der Waals surface area (Å²) >= 11 is 5.65. The highest BCUT2D eigenvalue weighted by Crippen LogP contribution is 2.18. The van der Waals surface area contributed by atoms with Crippen LogP contribution in [-0.2, 0) is 6.67 Å². The van der Waals surface area contributed by atoms with Crippen LogP contribution in [0.1, 0.15) is 12.0 Å². The summed E-state index contributed by atoms with van der Waals surface area (Å²) in [6.07, 6.45) is 5.20. The Morgan fingerprint density at radius 3 is 2.74 bits per heavy atom. The lowest BCUT2D eigenvalue weighted by Gasteiger charge is -2.23. The molecule has 1 unspecified atom stereocenters. The molecule has 0 aliphatic carbocycles. The van der Waals surface area contributed by atoms with Crippen LogP contribution in [0.4, 0.5) is 0 Å². The molecule has 0 saturated heterocycles. The molecule has 1 aliphatic rings. The summed E-state index contributed by atoms with van der Waals surface area (Å²) in [5, 5.41) is 4.51. The summed E-state index contributed by atoms with van der Waals surface area (Å²) in [7, 11) is 1.67. The molecule has 5 nitrogen and oxygen atoms in total. The van der Waals surface area contributed by atoms with Gasteiger partial charge in [0.25, 0.3) is 0 Å². The van der Waals surface area contributed by atoms with E-state index in [1.165, 1.54) is 16.0 Å². The number of aromatic nitrogens is 3. The van der Waals surface area contributed by atoms with Gasteiger partial charge >= 0.3 is 0 Å². The summed E-state index contributed by atoms with van der Waals surface area (Å²) in [6.45, 7) is 2.83. The lowest BCUT2D eigenvalue weighted by molar-refractivity contribution is -0.918.